The van der Waals surface area contributed by atoms with E-state index in [1.807, 2.05) is 121 Å². The van der Waals surface area contributed by atoms with Gasteiger partial charge in [-0.1, -0.05) is 72.8 Å². The lowest BCUT2D eigenvalue weighted by Gasteiger charge is -2.18. The zero-order chi connectivity index (χ0) is 27.0. The van der Waals surface area contributed by atoms with Crippen LogP contribution in [0.2, 0.25) is 0 Å². The fourth-order valence-electron chi connectivity index (χ4n) is 4.35. The van der Waals surface area contributed by atoms with E-state index >= 15 is 0 Å². The van der Waals surface area contributed by atoms with E-state index in [-0.39, 0.29) is 11.8 Å². The number of nitrogens with zero attached hydrogens (tertiary/aromatic N) is 2. The van der Waals surface area contributed by atoms with Crippen molar-refractivity contribution in [2.45, 2.75) is 12.8 Å². The van der Waals surface area contributed by atoms with E-state index in [0.717, 1.165) is 22.4 Å². The number of benzene rings is 4. The molecule has 1 heterocycles. The number of rotatable bonds is 8. The van der Waals surface area contributed by atoms with Gasteiger partial charge in [0.1, 0.15) is 0 Å². The van der Waals surface area contributed by atoms with Crippen LogP contribution in [0.4, 0.5) is 5.69 Å². The lowest BCUT2D eigenvalue weighted by atomic mass is 9.90. The third kappa shape index (κ3) is 6.19. The van der Waals surface area contributed by atoms with Gasteiger partial charge in [-0.25, -0.2) is 5.43 Å². The molecule has 0 aliphatic heterocycles. The normalized spacial score (nSPS) is 11.3. The molecule has 0 saturated heterocycles. The number of aromatic nitrogens is 1. The van der Waals surface area contributed by atoms with Crippen LogP contribution in [0.15, 0.2) is 139 Å². The molecule has 0 aliphatic carbocycles. The molecule has 0 aliphatic rings. The summed E-state index contributed by atoms with van der Waals surface area (Å²) >= 11 is 0. The summed E-state index contributed by atoms with van der Waals surface area (Å²) in [4.78, 5) is 26.0. The summed E-state index contributed by atoms with van der Waals surface area (Å²) in [5, 5.41) is 7.26. The number of carbonyl (C=O) groups is 2. The van der Waals surface area contributed by atoms with Crippen LogP contribution in [0, 0.1) is 0 Å². The summed E-state index contributed by atoms with van der Waals surface area (Å²) in [6.45, 7) is 1.85. The second-order valence-electron chi connectivity index (χ2n) is 9.10. The minimum atomic E-state index is -0.454. The highest BCUT2D eigenvalue weighted by Gasteiger charge is 2.22. The lowest BCUT2D eigenvalue weighted by molar-refractivity contribution is -0.116. The lowest BCUT2D eigenvalue weighted by Crippen LogP contribution is -2.22. The summed E-state index contributed by atoms with van der Waals surface area (Å²) < 4.78 is 2.02. The van der Waals surface area contributed by atoms with Crippen LogP contribution in [0.3, 0.4) is 0 Å². The highest BCUT2D eigenvalue weighted by molar-refractivity contribution is 6.01. The third-order valence-electron chi connectivity index (χ3n) is 6.46. The molecule has 192 valence electrons. The van der Waals surface area contributed by atoms with Gasteiger partial charge in [0, 0.05) is 29.3 Å². The maximum absolute atomic E-state index is 13.3. The van der Waals surface area contributed by atoms with E-state index in [4.69, 9.17) is 0 Å². The number of nitrogens with one attached hydrogen (secondary N) is 2. The van der Waals surface area contributed by atoms with Crippen molar-refractivity contribution in [3.63, 3.8) is 0 Å². The quantitative estimate of drug-likeness (QED) is 0.186. The zero-order valence-electron chi connectivity index (χ0n) is 21.5. The molecule has 0 spiro atoms. The van der Waals surface area contributed by atoms with Crippen LogP contribution in [-0.2, 0) is 4.79 Å². The summed E-state index contributed by atoms with van der Waals surface area (Å²) in [6.07, 6.45) is 3.97. The van der Waals surface area contributed by atoms with Gasteiger partial charge in [-0.05, 0) is 72.1 Å². The number of hydrogen-bond acceptors (Lipinski definition) is 3. The molecular formula is C33H28N4O2. The maximum atomic E-state index is 13.3. The Morgan fingerprint density at radius 3 is 1.77 bits per heavy atom. The Hall–Kier alpha value is -5.23. The molecule has 0 unspecified atom stereocenters. The van der Waals surface area contributed by atoms with Gasteiger partial charge >= 0.3 is 0 Å². The van der Waals surface area contributed by atoms with Crippen molar-refractivity contribution in [1.82, 2.24) is 9.99 Å². The number of hydrogen-bond donors (Lipinski definition) is 2. The van der Waals surface area contributed by atoms with Gasteiger partial charge in [-0.3, -0.25) is 9.59 Å². The topological polar surface area (TPSA) is 75.5 Å². The van der Waals surface area contributed by atoms with Gasteiger partial charge in [-0.2, -0.15) is 5.10 Å². The van der Waals surface area contributed by atoms with Gasteiger partial charge in [0.2, 0.25) is 5.91 Å². The first-order valence-corrected chi connectivity index (χ1v) is 12.7. The van der Waals surface area contributed by atoms with Crippen LogP contribution in [0.5, 0.6) is 0 Å². The SMILES string of the molecule is C/C(=N/NC(=O)c1ccc(NC(=O)C(c2ccccc2)c2ccccc2)cc1)c1ccc(-n2cccc2)cc1. The first-order chi connectivity index (χ1) is 19.1. The maximum Gasteiger partial charge on any atom is 0.271 e. The Kier molecular flexibility index (Phi) is 7.74. The molecule has 0 radical (unpaired) electrons. The van der Waals surface area contributed by atoms with E-state index in [9.17, 15) is 9.59 Å². The van der Waals surface area contributed by atoms with E-state index in [2.05, 4.69) is 15.8 Å². The van der Waals surface area contributed by atoms with Crippen molar-refractivity contribution in [3.8, 4) is 5.69 Å². The Morgan fingerprint density at radius 1 is 0.667 bits per heavy atom. The average molecular weight is 513 g/mol. The Bertz CT molecular complexity index is 1520. The van der Waals surface area contributed by atoms with Crippen molar-refractivity contribution < 1.29 is 9.59 Å². The van der Waals surface area contributed by atoms with Crippen molar-refractivity contribution in [1.29, 1.82) is 0 Å². The number of hydrazone groups is 1. The van der Waals surface area contributed by atoms with Crippen LogP contribution in [0.25, 0.3) is 5.69 Å². The molecular weight excluding hydrogens is 484 g/mol. The molecule has 1 aromatic heterocycles. The highest BCUT2D eigenvalue weighted by atomic mass is 16.2. The van der Waals surface area contributed by atoms with E-state index in [1.165, 1.54) is 0 Å². The molecule has 0 atom stereocenters. The van der Waals surface area contributed by atoms with E-state index in [1.54, 1.807) is 24.3 Å². The molecule has 0 bridgehead atoms. The first-order valence-electron chi connectivity index (χ1n) is 12.7. The smallest absolute Gasteiger partial charge is 0.271 e. The summed E-state index contributed by atoms with van der Waals surface area (Å²) in [5.74, 6) is -0.930. The van der Waals surface area contributed by atoms with Crippen molar-refractivity contribution in [2.24, 2.45) is 5.10 Å². The summed E-state index contributed by atoms with van der Waals surface area (Å²) in [7, 11) is 0. The molecule has 39 heavy (non-hydrogen) atoms. The standard InChI is InChI=1S/C33H28N4O2/c1-24(25-16-20-30(21-17-25)37-22-8-9-23-37)35-36-32(38)28-14-18-29(19-15-28)34-33(39)31(26-10-4-2-5-11-26)27-12-6-3-7-13-27/h2-23,31H,1H3,(H,34,39)(H,36,38)/b35-24-. The van der Waals surface area contributed by atoms with Gasteiger partial charge in [0.15, 0.2) is 0 Å². The van der Waals surface area contributed by atoms with Gasteiger partial charge in [-0.15, -0.1) is 0 Å². The summed E-state index contributed by atoms with van der Waals surface area (Å²) in [5.41, 5.74) is 8.13. The van der Waals surface area contributed by atoms with Crippen molar-refractivity contribution in [2.75, 3.05) is 5.32 Å². The van der Waals surface area contributed by atoms with E-state index in [0.29, 0.717) is 17.0 Å². The molecule has 0 saturated carbocycles. The van der Waals surface area contributed by atoms with Gasteiger partial charge < -0.3 is 9.88 Å². The van der Waals surface area contributed by atoms with Crippen LogP contribution in [-0.4, -0.2) is 22.1 Å². The molecule has 5 rings (SSSR count). The van der Waals surface area contributed by atoms with Crippen molar-refractivity contribution in [3.05, 3.63) is 156 Å². The van der Waals surface area contributed by atoms with Crippen LogP contribution in [0.1, 0.15) is 39.9 Å². The van der Waals surface area contributed by atoms with Crippen molar-refractivity contribution >= 4 is 23.2 Å². The Balaban J connectivity index is 1.23. The predicted molar refractivity (Wildman–Crippen MR) is 155 cm³/mol. The second-order valence-corrected chi connectivity index (χ2v) is 9.10. The Morgan fingerprint density at radius 2 is 1.21 bits per heavy atom. The average Bonchev–Trinajstić information content (AvgIpc) is 3.53. The highest BCUT2D eigenvalue weighted by Crippen LogP contribution is 2.26. The summed E-state index contributed by atoms with van der Waals surface area (Å²) in [6, 6.07) is 38.0. The fourth-order valence-corrected chi connectivity index (χ4v) is 4.35. The van der Waals surface area contributed by atoms with Crippen LogP contribution >= 0.6 is 0 Å². The molecule has 4 aromatic carbocycles. The molecule has 5 aromatic rings. The van der Waals surface area contributed by atoms with E-state index < -0.39 is 5.92 Å². The minimum Gasteiger partial charge on any atom is -0.325 e. The fraction of sp³-hybridized carbons (Fsp3) is 0.0606. The second kappa shape index (κ2) is 11.9. The number of anilines is 1. The minimum absolute atomic E-state index is 0.146. The molecule has 2 amide bonds. The third-order valence-corrected chi connectivity index (χ3v) is 6.46. The van der Waals surface area contributed by atoms with Gasteiger partial charge in [0.05, 0.1) is 11.6 Å². The number of amides is 2. The van der Waals surface area contributed by atoms with Crippen LogP contribution < -0.4 is 10.7 Å². The monoisotopic (exact) mass is 512 g/mol. The molecule has 0 fully saturated rings. The molecule has 6 nitrogen and oxygen atoms in total. The molecule has 6 heteroatoms. The number of carbonyl (C=O) groups excluding carboxylic acids is 2. The predicted octanol–water partition coefficient (Wildman–Crippen LogP) is 6.40. The first kappa shape index (κ1) is 25.4. The zero-order valence-corrected chi connectivity index (χ0v) is 21.5. The molecule has 2 N–H and O–H groups in total. The van der Waals surface area contributed by atoms with Gasteiger partial charge in [0.25, 0.3) is 5.91 Å². The largest absolute Gasteiger partial charge is 0.325 e. The Labute approximate surface area is 227 Å².